The van der Waals surface area contributed by atoms with Gasteiger partial charge in [-0.05, 0) is 43.5 Å². The molecule has 0 aromatic carbocycles. The quantitative estimate of drug-likeness (QED) is 0.738. The summed E-state index contributed by atoms with van der Waals surface area (Å²) in [6.07, 6.45) is 5.97. The van der Waals surface area contributed by atoms with Gasteiger partial charge in [0.2, 0.25) is 5.91 Å². The van der Waals surface area contributed by atoms with E-state index < -0.39 is 0 Å². The van der Waals surface area contributed by atoms with Gasteiger partial charge in [0.05, 0.1) is 17.6 Å². The fourth-order valence-corrected chi connectivity index (χ4v) is 3.09. The molecule has 2 unspecified atom stereocenters. The summed E-state index contributed by atoms with van der Waals surface area (Å²) in [5.74, 6) is 2.72. The van der Waals surface area contributed by atoms with E-state index in [0.29, 0.717) is 23.3 Å². The molecule has 3 heterocycles. The molecule has 1 saturated carbocycles. The van der Waals surface area contributed by atoms with E-state index in [4.69, 9.17) is 4.42 Å². The second kappa shape index (κ2) is 5.88. The molecule has 0 saturated heterocycles. The van der Waals surface area contributed by atoms with Crippen molar-refractivity contribution in [1.29, 1.82) is 0 Å². The number of hydrogen-bond donors (Lipinski definition) is 1. The first-order valence-corrected chi connectivity index (χ1v) is 8.39. The molecule has 1 aliphatic carbocycles. The van der Waals surface area contributed by atoms with Crippen LogP contribution in [-0.2, 0) is 11.8 Å². The van der Waals surface area contributed by atoms with Crippen LogP contribution < -0.4 is 5.32 Å². The molecule has 0 bridgehead atoms. The summed E-state index contributed by atoms with van der Waals surface area (Å²) in [4.78, 5) is 16.5. The minimum atomic E-state index is -0.222. The largest absolute Gasteiger partial charge is 0.461 e. The molecular weight excluding hydrogens is 316 g/mol. The number of rotatable bonds is 4. The molecule has 2 atom stereocenters. The molecule has 3 aromatic rings. The maximum atomic E-state index is 12.1. The van der Waals surface area contributed by atoms with Crippen LogP contribution in [0, 0.1) is 12.8 Å². The van der Waals surface area contributed by atoms with Gasteiger partial charge >= 0.3 is 0 Å². The van der Waals surface area contributed by atoms with Crippen molar-refractivity contribution < 1.29 is 9.21 Å². The van der Waals surface area contributed by atoms with E-state index >= 15 is 0 Å². The van der Waals surface area contributed by atoms with Crippen molar-refractivity contribution in [3.8, 4) is 0 Å². The van der Waals surface area contributed by atoms with Crippen LogP contribution in [0.2, 0.25) is 0 Å². The van der Waals surface area contributed by atoms with E-state index in [9.17, 15) is 4.79 Å². The maximum Gasteiger partial charge on any atom is 0.248 e. The van der Waals surface area contributed by atoms with Crippen molar-refractivity contribution in [3.63, 3.8) is 0 Å². The van der Waals surface area contributed by atoms with Crippen LogP contribution in [-0.4, -0.2) is 20.7 Å². The Hall–Kier alpha value is -2.89. The van der Waals surface area contributed by atoms with Crippen molar-refractivity contribution in [2.75, 3.05) is 5.32 Å². The predicted molar refractivity (Wildman–Crippen MR) is 96.1 cm³/mol. The molecule has 1 N–H and O–H groups in total. The monoisotopic (exact) mass is 336 g/mol. The predicted octanol–water partition coefficient (Wildman–Crippen LogP) is 3.65. The Labute approximate surface area is 145 Å². The standard InChI is InChI=1S/C19H20N4O2/c1-11-8-15(11)17-6-4-14(25-17)5-7-18(24)21-13-9-16-12(2)22-23(3)19(16)20-10-13/h4-7,9-11,15H,8H2,1-3H3,(H,21,24)/b7-5+. The van der Waals surface area contributed by atoms with Crippen molar-refractivity contribution >= 4 is 28.7 Å². The first-order chi connectivity index (χ1) is 12.0. The molecule has 3 aromatic heterocycles. The second-order valence-electron chi connectivity index (χ2n) is 6.69. The molecule has 1 aliphatic rings. The highest BCUT2D eigenvalue weighted by Crippen LogP contribution is 2.47. The minimum Gasteiger partial charge on any atom is -0.461 e. The fraction of sp³-hybridized carbons (Fsp3) is 0.316. The lowest BCUT2D eigenvalue weighted by Crippen LogP contribution is -2.08. The SMILES string of the molecule is Cc1nn(C)c2ncc(NC(=O)/C=C/c3ccc(C4CC4C)o3)cc12. The summed E-state index contributed by atoms with van der Waals surface area (Å²) >= 11 is 0. The zero-order valence-corrected chi connectivity index (χ0v) is 14.5. The van der Waals surface area contributed by atoms with Crippen molar-refractivity contribution in [3.05, 3.63) is 47.7 Å². The van der Waals surface area contributed by atoms with Gasteiger partial charge in [-0.1, -0.05) is 6.92 Å². The molecule has 25 heavy (non-hydrogen) atoms. The molecule has 1 amide bonds. The van der Waals surface area contributed by atoms with E-state index in [1.54, 1.807) is 17.0 Å². The summed E-state index contributed by atoms with van der Waals surface area (Å²) < 4.78 is 7.49. The van der Waals surface area contributed by atoms with Crippen molar-refractivity contribution in [1.82, 2.24) is 14.8 Å². The number of nitrogens with zero attached hydrogens (tertiary/aromatic N) is 3. The Bertz CT molecular complexity index is 983. The zero-order valence-electron chi connectivity index (χ0n) is 14.5. The third-order valence-electron chi connectivity index (χ3n) is 4.65. The molecule has 0 aliphatic heterocycles. The lowest BCUT2D eigenvalue weighted by atomic mass is 10.2. The molecule has 0 spiro atoms. The topological polar surface area (TPSA) is 73.0 Å². The Morgan fingerprint density at radius 3 is 3.00 bits per heavy atom. The van der Waals surface area contributed by atoms with Crippen LogP contribution in [0.4, 0.5) is 5.69 Å². The zero-order chi connectivity index (χ0) is 17.6. The Morgan fingerprint density at radius 1 is 1.44 bits per heavy atom. The highest BCUT2D eigenvalue weighted by atomic mass is 16.3. The number of fused-ring (bicyclic) bond motifs is 1. The van der Waals surface area contributed by atoms with Crippen molar-refractivity contribution in [2.24, 2.45) is 13.0 Å². The smallest absolute Gasteiger partial charge is 0.248 e. The highest BCUT2D eigenvalue weighted by Gasteiger charge is 2.36. The van der Waals surface area contributed by atoms with Gasteiger partial charge in [0.1, 0.15) is 11.5 Å². The Kier molecular flexibility index (Phi) is 3.67. The number of nitrogens with one attached hydrogen (secondary N) is 1. The summed E-state index contributed by atoms with van der Waals surface area (Å²) in [5.41, 5.74) is 2.32. The average Bonchev–Trinajstić information content (AvgIpc) is 3.02. The summed E-state index contributed by atoms with van der Waals surface area (Å²) in [6, 6.07) is 5.78. The van der Waals surface area contributed by atoms with Crippen LogP contribution in [0.15, 0.2) is 34.9 Å². The van der Waals surface area contributed by atoms with Gasteiger partial charge in [0, 0.05) is 24.4 Å². The Morgan fingerprint density at radius 2 is 2.24 bits per heavy atom. The summed E-state index contributed by atoms with van der Waals surface area (Å²) in [7, 11) is 1.85. The van der Waals surface area contributed by atoms with E-state index in [-0.39, 0.29) is 5.91 Å². The number of anilines is 1. The van der Waals surface area contributed by atoms with Gasteiger partial charge in [-0.2, -0.15) is 5.10 Å². The molecule has 0 radical (unpaired) electrons. The van der Waals surface area contributed by atoms with Crippen LogP contribution in [0.25, 0.3) is 17.1 Å². The third kappa shape index (κ3) is 3.07. The number of furan rings is 1. The molecule has 128 valence electrons. The maximum absolute atomic E-state index is 12.1. The molecular formula is C19H20N4O2. The van der Waals surface area contributed by atoms with E-state index in [1.165, 1.54) is 12.5 Å². The number of hydrogen-bond acceptors (Lipinski definition) is 4. The van der Waals surface area contributed by atoms with E-state index in [2.05, 4.69) is 22.3 Å². The third-order valence-corrected chi connectivity index (χ3v) is 4.65. The number of pyridine rings is 1. The number of aromatic nitrogens is 3. The van der Waals surface area contributed by atoms with Gasteiger partial charge < -0.3 is 9.73 Å². The number of amides is 1. The second-order valence-corrected chi connectivity index (χ2v) is 6.69. The van der Waals surface area contributed by atoms with Crippen LogP contribution in [0.3, 0.4) is 0 Å². The number of carbonyl (C=O) groups excluding carboxylic acids is 1. The van der Waals surface area contributed by atoms with Gasteiger partial charge in [0.15, 0.2) is 5.65 Å². The normalized spacial score (nSPS) is 19.6. The minimum absolute atomic E-state index is 0.222. The van der Waals surface area contributed by atoms with Gasteiger partial charge in [-0.15, -0.1) is 0 Å². The molecule has 4 rings (SSSR count). The Balaban J connectivity index is 1.44. The van der Waals surface area contributed by atoms with Crippen LogP contribution in [0.1, 0.15) is 36.5 Å². The lowest BCUT2D eigenvalue weighted by Gasteiger charge is -2.02. The number of aryl methyl sites for hydroxylation is 2. The van der Waals surface area contributed by atoms with Crippen LogP contribution in [0.5, 0.6) is 0 Å². The molecule has 6 heteroatoms. The number of carbonyl (C=O) groups is 1. The lowest BCUT2D eigenvalue weighted by molar-refractivity contribution is -0.111. The van der Waals surface area contributed by atoms with Gasteiger partial charge in [-0.3, -0.25) is 9.48 Å². The first-order valence-electron chi connectivity index (χ1n) is 8.39. The van der Waals surface area contributed by atoms with Gasteiger partial charge in [0.25, 0.3) is 0 Å². The molecule has 6 nitrogen and oxygen atoms in total. The summed E-state index contributed by atoms with van der Waals surface area (Å²) in [5, 5.41) is 8.08. The first kappa shape index (κ1) is 15.6. The molecule has 1 fully saturated rings. The average molecular weight is 336 g/mol. The van der Waals surface area contributed by atoms with E-state index in [1.807, 2.05) is 32.2 Å². The summed E-state index contributed by atoms with van der Waals surface area (Å²) in [6.45, 7) is 4.13. The van der Waals surface area contributed by atoms with Crippen molar-refractivity contribution in [2.45, 2.75) is 26.2 Å². The van der Waals surface area contributed by atoms with Gasteiger partial charge in [-0.25, -0.2) is 4.98 Å². The fourth-order valence-electron chi connectivity index (χ4n) is 3.09. The van der Waals surface area contributed by atoms with Crippen LogP contribution >= 0.6 is 0 Å². The van der Waals surface area contributed by atoms with E-state index in [0.717, 1.165) is 22.5 Å². The highest BCUT2D eigenvalue weighted by molar-refractivity contribution is 6.02.